The molecule has 1 aliphatic rings. The van der Waals surface area contributed by atoms with Gasteiger partial charge in [-0.15, -0.1) is 0 Å². The smallest absolute Gasteiger partial charge is 0.239 e. The van der Waals surface area contributed by atoms with Crippen molar-refractivity contribution in [1.29, 1.82) is 0 Å². The fourth-order valence-corrected chi connectivity index (χ4v) is 3.83. The van der Waals surface area contributed by atoms with Crippen LogP contribution in [0.4, 0.5) is 0 Å². The van der Waals surface area contributed by atoms with Crippen molar-refractivity contribution in [2.45, 2.75) is 0 Å². The molecule has 0 aromatic heterocycles. The lowest BCUT2D eigenvalue weighted by Gasteiger charge is -2.33. The van der Waals surface area contributed by atoms with Crippen molar-refractivity contribution < 1.29 is 18.0 Å². The van der Waals surface area contributed by atoms with Gasteiger partial charge in [0.25, 0.3) is 0 Å². The summed E-state index contributed by atoms with van der Waals surface area (Å²) >= 11 is 0. The largest absolute Gasteiger partial charge is 0.358 e. The maximum atomic E-state index is 12.5. The van der Waals surface area contributed by atoms with Crippen molar-refractivity contribution in [2.75, 3.05) is 53.4 Å². The molecular weight excluding hydrogens is 368 g/mol. The van der Waals surface area contributed by atoms with Gasteiger partial charge in [-0.25, -0.2) is 8.42 Å². The Labute approximate surface area is 160 Å². The average Bonchev–Trinajstić information content (AvgIpc) is 2.67. The number of hydrogen-bond acceptors (Lipinski definition) is 5. The lowest BCUT2D eigenvalue weighted by Crippen LogP contribution is -2.51. The Morgan fingerprint density at radius 2 is 1.78 bits per heavy atom. The maximum Gasteiger partial charge on any atom is 0.239 e. The van der Waals surface area contributed by atoms with Gasteiger partial charge >= 0.3 is 0 Å². The second-order valence-electron chi connectivity index (χ2n) is 6.36. The second kappa shape index (κ2) is 9.63. The molecule has 1 aromatic carbocycles. The molecule has 148 valence electrons. The lowest BCUT2D eigenvalue weighted by molar-refractivity contribution is -0.135. The van der Waals surface area contributed by atoms with Gasteiger partial charge in [0.1, 0.15) is 0 Å². The summed E-state index contributed by atoms with van der Waals surface area (Å²) in [5.41, 5.74) is 0.824. The molecule has 1 heterocycles. The zero-order valence-corrected chi connectivity index (χ0v) is 16.5. The van der Waals surface area contributed by atoms with E-state index >= 15 is 0 Å². The SMILES string of the molecule is CNC(=O)CN(C)C(=O)CN1CCN(S(=O)(=O)/C=C/c2ccccc2)CC1. The minimum Gasteiger partial charge on any atom is -0.358 e. The number of carbonyl (C=O) groups excluding carboxylic acids is 2. The molecule has 1 aliphatic heterocycles. The van der Waals surface area contributed by atoms with E-state index in [1.807, 2.05) is 35.2 Å². The zero-order valence-electron chi connectivity index (χ0n) is 15.7. The summed E-state index contributed by atoms with van der Waals surface area (Å²) in [6.07, 6.45) is 1.58. The number of sulfonamides is 1. The number of nitrogens with zero attached hydrogens (tertiary/aromatic N) is 3. The van der Waals surface area contributed by atoms with Gasteiger partial charge < -0.3 is 10.2 Å². The van der Waals surface area contributed by atoms with Crippen molar-refractivity contribution >= 4 is 27.9 Å². The second-order valence-corrected chi connectivity index (χ2v) is 8.18. The molecule has 0 unspecified atom stereocenters. The van der Waals surface area contributed by atoms with Gasteiger partial charge in [0, 0.05) is 45.7 Å². The van der Waals surface area contributed by atoms with Crippen molar-refractivity contribution in [2.24, 2.45) is 0 Å². The van der Waals surface area contributed by atoms with Crippen molar-refractivity contribution in [3.8, 4) is 0 Å². The fraction of sp³-hybridized carbons (Fsp3) is 0.444. The van der Waals surface area contributed by atoms with Gasteiger partial charge in [0.15, 0.2) is 0 Å². The number of nitrogens with one attached hydrogen (secondary N) is 1. The summed E-state index contributed by atoms with van der Waals surface area (Å²) in [6, 6.07) is 9.25. The van der Waals surface area contributed by atoms with Crippen LogP contribution in [0.15, 0.2) is 35.7 Å². The quantitative estimate of drug-likeness (QED) is 0.692. The number of benzene rings is 1. The van der Waals surface area contributed by atoms with E-state index in [9.17, 15) is 18.0 Å². The number of rotatable bonds is 7. The monoisotopic (exact) mass is 394 g/mol. The number of likely N-dealkylation sites (N-methyl/N-ethyl adjacent to an activating group) is 2. The predicted molar refractivity (Wildman–Crippen MR) is 104 cm³/mol. The van der Waals surface area contributed by atoms with E-state index in [0.29, 0.717) is 26.2 Å². The van der Waals surface area contributed by atoms with E-state index in [4.69, 9.17) is 0 Å². The topological polar surface area (TPSA) is 90.0 Å². The van der Waals surface area contributed by atoms with Crippen LogP contribution in [-0.4, -0.2) is 87.7 Å². The molecule has 1 saturated heterocycles. The molecule has 1 N–H and O–H groups in total. The minimum absolute atomic E-state index is 0.00790. The van der Waals surface area contributed by atoms with Gasteiger partial charge in [-0.3, -0.25) is 14.5 Å². The van der Waals surface area contributed by atoms with Crippen LogP contribution in [0.25, 0.3) is 6.08 Å². The molecule has 0 atom stereocenters. The molecule has 2 amide bonds. The van der Waals surface area contributed by atoms with Gasteiger partial charge in [-0.05, 0) is 11.6 Å². The highest BCUT2D eigenvalue weighted by molar-refractivity contribution is 7.92. The first-order valence-corrected chi connectivity index (χ1v) is 10.2. The average molecular weight is 394 g/mol. The Hall–Kier alpha value is -2.23. The third kappa shape index (κ3) is 6.46. The highest BCUT2D eigenvalue weighted by Gasteiger charge is 2.26. The Morgan fingerprint density at radius 1 is 1.15 bits per heavy atom. The van der Waals surface area contributed by atoms with Gasteiger partial charge in [-0.2, -0.15) is 4.31 Å². The number of piperazine rings is 1. The minimum atomic E-state index is -3.49. The van der Waals surface area contributed by atoms with Crippen molar-refractivity contribution in [3.63, 3.8) is 0 Å². The first-order valence-electron chi connectivity index (χ1n) is 8.72. The summed E-state index contributed by atoms with van der Waals surface area (Å²) < 4.78 is 26.3. The first kappa shape index (κ1) is 21.1. The molecule has 1 fully saturated rings. The van der Waals surface area contributed by atoms with Gasteiger partial charge in [0.2, 0.25) is 21.8 Å². The normalized spacial score (nSPS) is 16.4. The molecule has 0 aliphatic carbocycles. The molecular formula is C18H26N4O4S. The lowest BCUT2D eigenvalue weighted by atomic mass is 10.2. The Bertz CT molecular complexity index is 772. The van der Waals surface area contributed by atoms with Crippen molar-refractivity contribution in [3.05, 3.63) is 41.3 Å². The van der Waals surface area contributed by atoms with E-state index in [0.717, 1.165) is 5.56 Å². The van der Waals surface area contributed by atoms with E-state index in [1.165, 1.54) is 21.7 Å². The first-order chi connectivity index (χ1) is 12.8. The molecule has 9 heteroatoms. The number of hydrogen-bond donors (Lipinski definition) is 1. The standard InChI is InChI=1S/C18H26N4O4S/c1-19-17(23)14-20(2)18(24)15-21-9-11-22(12-10-21)27(25,26)13-8-16-6-4-3-5-7-16/h3-8,13H,9-12,14-15H2,1-2H3,(H,19,23)/b13-8+. The highest BCUT2D eigenvalue weighted by Crippen LogP contribution is 2.11. The predicted octanol–water partition coefficient (Wildman–Crippen LogP) is -0.191. The third-order valence-corrected chi connectivity index (χ3v) is 5.93. The Balaban J connectivity index is 1.84. The molecule has 1 aromatic rings. The van der Waals surface area contributed by atoms with E-state index < -0.39 is 10.0 Å². The molecule has 27 heavy (non-hydrogen) atoms. The molecule has 0 radical (unpaired) electrons. The highest BCUT2D eigenvalue weighted by atomic mass is 32.2. The van der Waals surface area contributed by atoms with Crippen LogP contribution in [0.1, 0.15) is 5.56 Å². The van der Waals surface area contributed by atoms with E-state index in [-0.39, 0.29) is 24.9 Å². The summed E-state index contributed by atoms with van der Waals surface area (Å²) in [5.74, 6) is -0.397. The Kier molecular flexibility index (Phi) is 7.52. The summed E-state index contributed by atoms with van der Waals surface area (Å²) in [4.78, 5) is 26.8. The van der Waals surface area contributed by atoms with Gasteiger partial charge in [0.05, 0.1) is 13.1 Å². The maximum absolute atomic E-state index is 12.5. The molecule has 8 nitrogen and oxygen atoms in total. The molecule has 0 saturated carbocycles. The fourth-order valence-electron chi connectivity index (χ4n) is 2.65. The summed E-state index contributed by atoms with van der Waals surface area (Å²) in [6.45, 7) is 1.77. The summed E-state index contributed by atoms with van der Waals surface area (Å²) in [7, 11) is -0.395. The molecule has 2 rings (SSSR count). The number of carbonyl (C=O) groups is 2. The van der Waals surface area contributed by atoms with Gasteiger partial charge in [-0.1, -0.05) is 30.3 Å². The summed E-state index contributed by atoms with van der Waals surface area (Å²) in [5, 5.41) is 3.70. The Morgan fingerprint density at radius 3 is 2.37 bits per heavy atom. The zero-order chi connectivity index (χ0) is 19.9. The molecule has 0 bridgehead atoms. The molecule has 0 spiro atoms. The van der Waals surface area contributed by atoms with Crippen LogP contribution >= 0.6 is 0 Å². The van der Waals surface area contributed by atoms with Crippen LogP contribution in [0.3, 0.4) is 0 Å². The van der Waals surface area contributed by atoms with E-state index in [2.05, 4.69) is 5.32 Å². The van der Waals surface area contributed by atoms with Crippen LogP contribution in [0.2, 0.25) is 0 Å². The van der Waals surface area contributed by atoms with E-state index in [1.54, 1.807) is 13.1 Å². The third-order valence-electron chi connectivity index (χ3n) is 4.37. The van der Waals surface area contributed by atoms with Crippen LogP contribution < -0.4 is 5.32 Å². The number of amides is 2. The van der Waals surface area contributed by atoms with Crippen molar-refractivity contribution in [1.82, 2.24) is 19.4 Å². The van der Waals surface area contributed by atoms with Crippen LogP contribution in [0.5, 0.6) is 0 Å². The van der Waals surface area contributed by atoms with Crippen LogP contribution in [-0.2, 0) is 19.6 Å². The van der Waals surface area contributed by atoms with Crippen LogP contribution in [0, 0.1) is 0 Å².